The highest BCUT2D eigenvalue weighted by molar-refractivity contribution is 6.31. The number of rotatable bonds is 7. The highest BCUT2D eigenvalue weighted by Gasteiger charge is 2.30. The third-order valence-corrected chi connectivity index (χ3v) is 6.59. The maximum absolute atomic E-state index is 13.5. The van der Waals surface area contributed by atoms with Crippen molar-refractivity contribution in [2.45, 2.75) is 39.7 Å². The fourth-order valence-electron chi connectivity index (χ4n) is 4.24. The third kappa shape index (κ3) is 5.31. The summed E-state index contributed by atoms with van der Waals surface area (Å²) in [6, 6.07) is 15.9. The summed E-state index contributed by atoms with van der Waals surface area (Å²) in [4.78, 5) is 30.8. The SMILES string of the molecule is Cc1ccnc(C)c1-c1ccc(NC(=O)C(NC(=O)c2conc2C)C(C)c2ccccc2Cl)cc1. The molecule has 2 atom stereocenters. The molecule has 4 rings (SSSR count). The van der Waals surface area contributed by atoms with Crippen molar-refractivity contribution in [3.63, 3.8) is 0 Å². The summed E-state index contributed by atoms with van der Waals surface area (Å²) in [6.07, 6.45) is 3.05. The molecule has 0 saturated heterocycles. The van der Waals surface area contributed by atoms with E-state index in [1.807, 2.05) is 69.3 Å². The second-order valence-corrected chi connectivity index (χ2v) is 9.14. The standard InChI is InChI=1S/C28H27ClN4O3/c1-16-13-14-30-19(4)25(16)20-9-11-21(12-10-20)31-28(35)26(17(2)22-7-5-6-8-24(22)29)32-27(34)23-15-36-33-18(23)3/h5-15,17,26H,1-4H3,(H,31,35)(H,32,34). The molecule has 0 bridgehead atoms. The van der Waals surface area contributed by atoms with Gasteiger partial charge in [-0.15, -0.1) is 0 Å². The Bertz CT molecular complexity index is 1380. The van der Waals surface area contributed by atoms with Crippen LogP contribution in [-0.2, 0) is 4.79 Å². The van der Waals surface area contributed by atoms with E-state index in [0.717, 1.165) is 27.9 Å². The van der Waals surface area contributed by atoms with Gasteiger partial charge in [-0.2, -0.15) is 0 Å². The zero-order valence-electron chi connectivity index (χ0n) is 20.5. The van der Waals surface area contributed by atoms with Gasteiger partial charge in [0.15, 0.2) is 0 Å². The number of carbonyl (C=O) groups is 2. The molecular formula is C28H27ClN4O3. The van der Waals surface area contributed by atoms with Gasteiger partial charge >= 0.3 is 0 Å². The molecule has 36 heavy (non-hydrogen) atoms. The fraction of sp³-hybridized carbons (Fsp3) is 0.214. The summed E-state index contributed by atoms with van der Waals surface area (Å²) in [6.45, 7) is 7.53. The Labute approximate surface area is 214 Å². The van der Waals surface area contributed by atoms with E-state index in [-0.39, 0.29) is 11.5 Å². The van der Waals surface area contributed by atoms with E-state index in [9.17, 15) is 9.59 Å². The lowest BCUT2D eigenvalue weighted by molar-refractivity contribution is -0.118. The second kappa shape index (κ2) is 10.7. The predicted octanol–water partition coefficient (Wildman–Crippen LogP) is 5.86. The Morgan fingerprint density at radius 3 is 2.33 bits per heavy atom. The molecule has 4 aromatic rings. The fourth-order valence-corrected chi connectivity index (χ4v) is 4.55. The first-order valence-electron chi connectivity index (χ1n) is 11.6. The largest absolute Gasteiger partial charge is 0.364 e. The highest BCUT2D eigenvalue weighted by Crippen LogP contribution is 2.29. The van der Waals surface area contributed by atoms with Gasteiger partial charge < -0.3 is 15.2 Å². The summed E-state index contributed by atoms with van der Waals surface area (Å²) in [5.41, 5.74) is 6.20. The number of halogens is 1. The Kier molecular flexibility index (Phi) is 7.50. The minimum atomic E-state index is -0.908. The number of pyridine rings is 1. The van der Waals surface area contributed by atoms with Crippen LogP contribution in [0.15, 0.2) is 71.6 Å². The van der Waals surface area contributed by atoms with Crippen LogP contribution in [0.1, 0.15) is 45.7 Å². The maximum Gasteiger partial charge on any atom is 0.257 e. The highest BCUT2D eigenvalue weighted by atomic mass is 35.5. The lowest BCUT2D eigenvalue weighted by Crippen LogP contribution is -2.47. The van der Waals surface area contributed by atoms with E-state index < -0.39 is 17.9 Å². The van der Waals surface area contributed by atoms with Crippen molar-refractivity contribution in [3.8, 4) is 11.1 Å². The third-order valence-electron chi connectivity index (χ3n) is 6.25. The predicted molar refractivity (Wildman–Crippen MR) is 140 cm³/mol. The van der Waals surface area contributed by atoms with Crippen molar-refractivity contribution in [3.05, 3.63) is 100 Å². The topological polar surface area (TPSA) is 97.1 Å². The molecule has 0 spiro atoms. The molecule has 2 aromatic carbocycles. The molecule has 0 saturated carbocycles. The number of benzene rings is 2. The molecule has 184 valence electrons. The number of aromatic nitrogens is 2. The van der Waals surface area contributed by atoms with Crippen molar-refractivity contribution in [2.75, 3.05) is 5.32 Å². The molecular weight excluding hydrogens is 476 g/mol. The van der Waals surface area contributed by atoms with E-state index >= 15 is 0 Å². The number of hydrogen-bond acceptors (Lipinski definition) is 5. The zero-order valence-corrected chi connectivity index (χ0v) is 21.3. The van der Waals surface area contributed by atoms with Crippen LogP contribution in [-0.4, -0.2) is 28.0 Å². The quantitative estimate of drug-likeness (QED) is 0.330. The minimum absolute atomic E-state index is 0.269. The molecule has 2 N–H and O–H groups in total. The monoisotopic (exact) mass is 502 g/mol. The van der Waals surface area contributed by atoms with Crippen LogP contribution >= 0.6 is 11.6 Å². The summed E-state index contributed by atoms with van der Waals surface area (Å²) in [5, 5.41) is 10.1. The molecule has 2 aromatic heterocycles. The van der Waals surface area contributed by atoms with Crippen LogP contribution in [0.3, 0.4) is 0 Å². The summed E-state index contributed by atoms with van der Waals surface area (Å²) >= 11 is 6.42. The normalized spacial score (nSPS) is 12.6. The van der Waals surface area contributed by atoms with Crippen LogP contribution in [0, 0.1) is 20.8 Å². The minimum Gasteiger partial charge on any atom is -0.364 e. The van der Waals surface area contributed by atoms with Gasteiger partial charge in [-0.25, -0.2) is 0 Å². The van der Waals surface area contributed by atoms with Crippen molar-refractivity contribution in [1.29, 1.82) is 0 Å². The van der Waals surface area contributed by atoms with E-state index in [2.05, 4.69) is 20.8 Å². The van der Waals surface area contributed by atoms with Crippen molar-refractivity contribution in [1.82, 2.24) is 15.5 Å². The average molecular weight is 503 g/mol. The number of amides is 2. The number of carbonyl (C=O) groups excluding carboxylic acids is 2. The smallest absolute Gasteiger partial charge is 0.257 e. The van der Waals surface area contributed by atoms with Crippen molar-refractivity contribution >= 4 is 29.1 Å². The first-order chi connectivity index (χ1) is 17.3. The summed E-state index contributed by atoms with van der Waals surface area (Å²) in [7, 11) is 0. The first kappa shape index (κ1) is 25.1. The number of hydrogen-bond donors (Lipinski definition) is 2. The van der Waals surface area contributed by atoms with Gasteiger partial charge in [-0.1, -0.05) is 54.0 Å². The van der Waals surface area contributed by atoms with E-state index in [0.29, 0.717) is 16.4 Å². The molecule has 7 nitrogen and oxygen atoms in total. The van der Waals surface area contributed by atoms with Crippen molar-refractivity contribution < 1.29 is 14.1 Å². The molecule has 0 aliphatic heterocycles. The summed E-state index contributed by atoms with van der Waals surface area (Å²) in [5.74, 6) is -1.24. The van der Waals surface area contributed by atoms with Crippen LogP contribution in [0.2, 0.25) is 5.02 Å². The maximum atomic E-state index is 13.5. The number of nitrogens with one attached hydrogen (secondary N) is 2. The Hall–Kier alpha value is -3.97. The number of anilines is 1. The number of nitrogens with zero attached hydrogens (tertiary/aromatic N) is 2. The molecule has 0 fully saturated rings. The average Bonchev–Trinajstić information content (AvgIpc) is 3.29. The lowest BCUT2D eigenvalue weighted by Gasteiger charge is -2.25. The van der Waals surface area contributed by atoms with Gasteiger partial charge in [0.05, 0.1) is 5.69 Å². The molecule has 2 amide bonds. The van der Waals surface area contributed by atoms with Gasteiger partial charge in [-0.3, -0.25) is 14.6 Å². The molecule has 0 aliphatic carbocycles. The van der Waals surface area contributed by atoms with Gasteiger partial charge in [0, 0.05) is 34.1 Å². The van der Waals surface area contributed by atoms with Crippen LogP contribution in [0.4, 0.5) is 5.69 Å². The molecule has 0 aliphatic rings. The zero-order chi connectivity index (χ0) is 25.8. The Balaban J connectivity index is 1.59. The second-order valence-electron chi connectivity index (χ2n) is 8.73. The Morgan fingerprint density at radius 1 is 0.972 bits per heavy atom. The van der Waals surface area contributed by atoms with Gasteiger partial charge in [0.1, 0.15) is 17.9 Å². The molecule has 2 unspecified atom stereocenters. The van der Waals surface area contributed by atoms with E-state index in [1.165, 1.54) is 6.26 Å². The molecule has 0 radical (unpaired) electrons. The van der Waals surface area contributed by atoms with Gasteiger partial charge in [0.2, 0.25) is 5.91 Å². The van der Waals surface area contributed by atoms with Crippen molar-refractivity contribution in [2.24, 2.45) is 0 Å². The summed E-state index contributed by atoms with van der Waals surface area (Å²) < 4.78 is 4.90. The molecule has 2 heterocycles. The Morgan fingerprint density at radius 2 is 1.69 bits per heavy atom. The van der Waals surface area contributed by atoms with Crippen LogP contribution < -0.4 is 10.6 Å². The van der Waals surface area contributed by atoms with Gasteiger partial charge in [-0.05, 0) is 61.7 Å². The van der Waals surface area contributed by atoms with E-state index in [1.54, 1.807) is 19.2 Å². The lowest BCUT2D eigenvalue weighted by atomic mass is 9.92. The van der Waals surface area contributed by atoms with Crippen LogP contribution in [0.5, 0.6) is 0 Å². The molecule has 8 heteroatoms. The van der Waals surface area contributed by atoms with Crippen LogP contribution in [0.25, 0.3) is 11.1 Å². The van der Waals surface area contributed by atoms with E-state index in [4.69, 9.17) is 16.1 Å². The van der Waals surface area contributed by atoms with Gasteiger partial charge in [0.25, 0.3) is 5.91 Å². The first-order valence-corrected chi connectivity index (χ1v) is 11.9. The number of aryl methyl sites for hydroxylation is 3.